The molecule has 1 unspecified atom stereocenters. The highest BCUT2D eigenvalue weighted by Gasteiger charge is 2.41. The Hall–Kier alpha value is -1.63. The predicted octanol–water partition coefficient (Wildman–Crippen LogP) is 0.777. The van der Waals surface area contributed by atoms with Crippen molar-refractivity contribution in [3.05, 3.63) is 0 Å². The molecule has 2 aliphatic rings. The van der Waals surface area contributed by atoms with Crippen LogP contribution in [0.4, 0.5) is 0 Å². The number of ether oxygens (including phenoxy) is 1. The molecule has 7 nitrogen and oxygen atoms in total. The van der Waals surface area contributed by atoms with Gasteiger partial charge in [0.25, 0.3) is 0 Å². The van der Waals surface area contributed by atoms with Crippen molar-refractivity contribution in [1.82, 2.24) is 15.1 Å². The van der Waals surface area contributed by atoms with Gasteiger partial charge in [0.1, 0.15) is 0 Å². The summed E-state index contributed by atoms with van der Waals surface area (Å²) in [5, 5.41) is 3.00. The number of amides is 3. The lowest BCUT2D eigenvalue weighted by molar-refractivity contribution is -0.137. The fourth-order valence-electron chi connectivity index (χ4n) is 3.52. The third-order valence-electron chi connectivity index (χ3n) is 4.99. The van der Waals surface area contributed by atoms with E-state index in [1.54, 1.807) is 12.0 Å². The molecular formula is C18H31N3O4. The SMILES string of the molecule is COCCC(=O)NC1CCN(C(=O)C2CC(=O)N(C(C)(C)C)C2)CC1. The van der Waals surface area contributed by atoms with Gasteiger partial charge in [0, 0.05) is 51.2 Å². The quantitative estimate of drug-likeness (QED) is 0.792. The second-order valence-electron chi connectivity index (χ2n) is 7.99. The number of nitrogens with one attached hydrogen (secondary N) is 1. The van der Waals surface area contributed by atoms with Crippen molar-refractivity contribution >= 4 is 17.7 Å². The minimum atomic E-state index is -0.244. The standard InChI is InChI=1S/C18H31N3O4/c1-18(2,3)21-12-13(11-16(21)23)17(24)20-8-5-14(6-9-20)19-15(22)7-10-25-4/h13-14H,5-12H2,1-4H3,(H,19,22). The van der Waals surface area contributed by atoms with E-state index >= 15 is 0 Å². The first-order chi connectivity index (χ1) is 11.7. The van der Waals surface area contributed by atoms with Crippen LogP contribution in [0.5, 0.6) is 0 Å². The van der Waals surface area contributed by atoms with Crippen LogP contribution in [0.1, 0.15) is 46.5 Å². The van der Waals surface area contributed by atoms with Gasteiger partial charge in [-0.15, -0.1) is 0 Å². The topological polar surface area (TPSA) is 79.0 Å². The zero-order chi connectivity index (χ0) is 18.6. The van der Waals surface area contributed by atoms with E-state index in [0.29, 0.717) is 39.1 Å². The van der Waals surface area contributed by atoms with E-state index in [1.165, 1.54) is 0 Å². The molecule has 0 aliphatic carbocycles. The maximum absolute atomic E-state index is 12.7. The van der Waals surface area contributed by atoms with Gasteiger partial charge in [0.2, 0.25) is 17.7 Å². The van der Waals surface area contributed by atoms with Crippen molar-refractivity contribution in [1.29, 1.82) is 0 Å². The summed E-state index contributed by atoms with van der Waals surface area (Å²) in [5.41, 5.74) is -0.244. The second-order valence-corrected chi connectivity index (χ2v) is 7.99. The molecule has 2 fully saturated rings. The number of piperidine rings is 1. The fraction of sp³-hybridized carbons (Fsp3) is 0.833. The molecule has 0 aromatic heterocycles. The molecule has 2 saturated heterocycles. The lowest BCUT2D eigenvalue weighted by Crippen LogP contribution is -2.49. The molecule has 7 heteroatoms. The molecule has 0 bridgehead atoms. The maximum Gasteiger partial charge on any atom is 0.227 e. The summed E-state index contributed by atoms with van der Waals surface area (Å²) in [5.74, 6) is -0.108. The number of hydrogen-bond acceptors (Lipinski definition) is 4. The lowest BCUT2D eigenvalue weighted by atomic mass is 10.0. The number of nitrogens with zero attached hydrogens (tertiary/aromatic N) is 2. The van der Waals surface area contributed by atoms with Gasteiger partial charge in [-0.25, -0.2) is 0 Å². The van der Waals surface area contributed by atoms with Gasteiger partial charge in [-0.3, -0.25) is 14.4 Å². The Labute approximate surface area is 150 Å². The summed E-state index contributed by atoms with van der Waals surface area (Å²) >= 11 is 0. The third-order valence-corrected chi connectivity index (χ3v) is 4.99. The van der Waals surface area contributed by atoms with Gasteiger partial charge >= 0.3 is 0 Å². The van der Waals surface area contributed by atoms with Crippen LogP contribution in [0.15, 0.2) is 0 Å². The zero-order valence-electron chi connectivity index (χ0n) is 15.8. The molecule has 0 aromatic rings. The van der Waals surface area contributed by atoms with Gasteiger partial charge in [0.05, 0.1) is 12.5 Å². The van der Waals surface area contributed by atoms with E-state index in [-0.39, 0.29) is 35.2 Å². The lowest BCUT2D eigenvalue weighted by Gasteiger charge is -2.35. The molecule has 1 N–H and O–H groups in total. The molecule has 0 radical (unpaired) electrons. The van der Waals surface area contributed by atoms with Crippen LogP contribution in [0.25, 0.3) is 0 Å². The third kappa shape index (κ3) is 5.17. The van der Waals surface area contributed by atoms with Crippen molar-refractivity contribution in [2.24, 2.45) is 5.92 Å². The number of likely N-dealkylation sites (tertiary alicyclic amines) is 2. The van der Waals surface area contributed by atoms with Crippen LogP contribution in [-0.4, -0.2) is 72.5 Å². The molecule has 25 heavy (non-hydrogen) atoms. The van der Waals surface area contributed by atoms with Crippen LogP contribution < -0.4 is 5.32 Å². The molecule has 0 spiro atoms. The van der Waals surface area contributed by atoms with E-state index in [9.17, 15) is 14.4 Å². The largest absolute Gasteiger partial charge is 0.384 e. The van der Waals surface area contributed by atoms with E-state index in [0.717, 1.165) is 12.8 Å². The number of methoxy groups -OCH3 is 1. The van der Waals surface area contributed by atoms with Gasteiger partial charge in [-0.05, 0) is 33.6 Å². The smallest absolute Gasteiger partial charge is 0.227 e. The maximum atomic E-state index is 12.7. The Balaban J connectivity index is 1.80. The Morgan fingerprint density at radius 2 is 1.88 bits per heavy atom. The summed E-state index contributed by atoms with van der Waals surface area (Å²) in [6.45, 7) is 8.18. The van der Waals surface area contributed by atoms with Crippen molar-refractivity contribution < 1.29 is 19.1 Å². The Kier molecular flexibility index (Phi) is 6.43. The van der Waals surface area contributed by atoms with Crippen LogP contribution in [-0.2, 0) is 19.1 Å². The highest BCUT2D eigenvalue weighted by atomic mass is 16.5. The number of rotatable bonds is 5. The molecule has 1 atom stereocenters. The molecule has 0 aromatic carbocycles. The Bertz CT molecular complexity index is 507. The van der Waals surface area contributed by atoms with Crippen LogP contribution in [0.2, 0.25) is 0 Å². The molecule has 0 saturated carbocycles. The molecule has 142 valence electrons. The normalized spacial score (nSPS) is 22.4. The van der Waals surface area contributed by atoms with Gasteiger partial charge in [-0.1, -0.05) is 0 Å². The summed E-state index contributed by atoms with van der Waals surface area (Å²) in [6, 6.07) is 0.115. The molecular weight excluding hydrogens is 322 g/mol. The first-order valence-corrected chi connectivity index (χ1v) is 9.10. The van der Waals surface area contributed by atoms with Crippen LogP contribution >= 0.6 is 0 Å². The molecule has 3 amide bonds. The van der Waals surface area contributed by atoms with Crippen LogP contribution in [0, 0.1) is 5.92 Å². The van der Waals surface area contributed by atoms with Gasteiger partial charge in [-0.2, -0.15) is 0 Å². The minimum Gasteiger partial charge on any atom is -0.384 e. The molecule has 2 heterocycles. The Morgan fingerprint density at radius 3 is 2.40 bits per heavy atom. The number of carbonyl (C=O) groups is 3. The highest BCUT2D eigenvalue weighted by Crippen LogP contribution is 2.27. The fourth-order valence-corrected chi connectivity index (χ4v) is 3.52. The van der Waals surface area contributed by atoms with E-state index in [4.69, 9.17) is 4.74 Å². The zero-order valence-corrected chi connectivity index (χ0v) is 15.8. The molecule has 2 aliphatic heterocycles. The predicted molar refractivity (Wildman–Crippen MR) is 93.8 cm³/mol. The summed E-state index contributed by atoms with van der Waals surface area (Å²) in [7, 11) is 1.58. The van der Waals surface area contributed by atoms with Crippen molar-refractivity contribution in [2.45, 2.75) is 58.0 Å². The highest BCUT2D eigenvalue weighted by molar-refractivity contribution is 5.89. The Morgan fingerprint density at radius 1 is 1.24 bits per heavy atom. The monoisotopic (exact) mass is 353 g/mol. The summed E-state index contributed by atoms with van der Waals surface area (Å²) in [4.78, 5) is 40.3. The average molecular weight is 353 g/mol. The van der Waals surface area contributed by atoms with E-state index < -0.39 is 0 Å². The number of carbonyl (C=O) groups excluding carboxylic acids is 3. The van der Waals surface area contributed by atoms with E-state index in [1.807, 2.05) is 25.7 Å². The summed E-state index contributed by atoms with van der Waals surface area (Å²) < 4.78 is 4.90. The van der Waals surface area contributed by atoms with Gasteiger partial charge < -0.3 is 19.9 Å². The van der Waals surface area contributed by atoms with Crippen molar-refractivity contribution in [3.63, 3.8) is 0 Å². The first kappa shape index (κ1) is 19.7. The van der Waals surface area contributed by atoms with Crippen molar-refractivity contribution in [3.8, 4) is 0 Å². The average Bonchev–Trinajstić information content (AvgIpc) is 2.95. The van der Waals surface area contributed by atoms with Gasteiger partial charge in [0.15, 0.2) is 0 Å². The first-order valence-electron chi connectivity index (χ1n) is 9.10. The minimum absolute atomic E-state index is 0.00571. The summed E-state index contributed by atoms with van der Waals surface area (Å²) in [6.07, 6.45) is 2.19. The second kappa shape index (κ2) is 8.17. The molecule has 2 rings (SSSR count). The van der Waals surface area contributed by atoms with E-state index in [2.05, 4.69) is 5.32 Å². The number of hydrogen-bond donors (Lipinski definition) is 1. The van der Waals surface area contributed by atoms with Crippen molar-refractivity contribution in [2.75, 3.05) is 33.4 Å². The van der Waals surface area contributed by atoms with Crippen LogP contribution in [0.3, 0.4) is 0 Å².